The van der Waals surface area contributed by atoms with Gasteiger partial charge in [-0.25, -0.2) is 4.39 Å². The molecule has 19 heavy (non-hydrogen) atoms. The van der Waals surface area contributed by atoms with E-state index in [1.807, 2.05) is 12.1 Å². The summed E-state index contributed by atoms with van der Waals surface area (Å²) in [7, 11) is 0. The molecule has 96 valence electrons. The van der Waals surface area contributed by atoms with Crippen LogP contribution in [0.2, 0.25) is 0 Å². The Kier molecular flexibility index (Phi) is 3.07. The maximum atomic E-state index is 12.8. The smallest absolute Gasteiger partial charge is 0.225 e. The molecule has 0 bridgehead atoms. The Hall–Kier alpha value is -1.74. The van der Waals surface area contributed by atoms with Crippen molar-refractivity contribution >= 4 is 16.8 Å². The number of hydrogen-bond donors (Lipinski definition) is 0. The predicted molar refractivity (Wildman–Crippen MR) is 71.3 cm³/mol. The van der Waals surface area contributed by atoms with Crippen molar-refractivity contribution in [2.75, 3.05) is 0 Å². The average Bonchev–Trinajstić information content (AvgIpc) is 3.20. The van der Waals surface area contributed by atoms with Crippen molar-refractivity contribution in [2.24, 2.45) is 5.92 Å². The van der Waals surface area contributed by atoms with E-state index in [0.29, 0.717) is 0 Å². The van der Waals surface area contributed by atoms with Crippen molar-refractivity contribution < 1.29 is 9.18 Å². The minimum atomic E-state index is -0.271. The monoisotopic (exact) mass is 275 g/mol. The van der Waals surface area contributed by atoms with Gasteiger partial charge in [0, 0.05) is 17.7 Å². The van der Waals surface area contributed by atoms with Crippen LogP contribution in [0.15, 0.2) is 42.6 Å². The van der Waals surface area contributed by atoms with Gasteiger partial charge in [0.2, 0.25) is 5.24 Å². The molecule has 1 aliphatic rings. The molecule has 0 aliphatic heterocycles. The van der Waals surface area contributed by atoms with Gasteiger partial charge in [-0.05, 0) is 59.8 Å². The molecule has 2 aromatic rings. The van der Waals surface area contributed by atoms with Crippen molar-refractivity contribution in [1.82, 2.24) is 4.98 Å². The van der Waals surface area contributed by atoms with Gasteiger partial charge >= 0.3 is 0 Å². The number of aromatic nitrogens is 1. The quantitative estimate of drug-likeness (QED) is 0.799. The fraction of sp³-hybridized carbons (Fsp3) is 0.200. The summed E-state index contributed by atoms with van der Waals surface area (Å²) in [5.74, 6) is -0.110. The third-order valence-electron chi connectivity index (χ3n) is 3.44. The Morgan fingerprint density at radius 3 is 2.47 bits per heavy atom. The first-order chi connectivity index (χ1) is 9.15. The molecule has 0 spiro atoms. The van der Waals surface area contributed by atoms with Gasteiger partial charge in [0.15, 0.2) is 0 Å². The molecule has 1 aromatic carbocycles. The van der Waals surface area contributed by atoms with E-state index in [1.165, 1.54) is 12.1 Å². The molecule has 1 aromatic heterocycles. The van der Waals surface area contributed by atoms with Gasteiger partial charge in [-0.1, -0.05) is 6.07 Å². The van der Waals surface area contributed by atoms with Crippen LogP contribution in [0.1, 0.15) is 17.9 Å². The highest BCUT2D eigenvalue weighted by molar-refractivity contribution is 6.64. The van der Waals surface area contributed by atoms with Crippen molar-refractivity contribution in [1.29, 1.82) is 0 Å². The fourth-order valence-electron chi connectivity index (χ4n) is 2.23. The SMILES string of the molecule is O=C(Cl)[C@@H]1C[C@H]1c1ccc(-c2ccc(F)cc2)nc1. The predicted octanol–water partition coefficient (Wildman–Crippen LogP) is 3.76. The van der Waals surface area contributed by atoms with Crippen LogP contribution in [0, 0.1) is 11.7 Å². The lowest BCUT2D eigenvalue weighted by Crippen LogP contribution is -1.93. The van der Waals surface area contributed by atoms with Crippen LogP contribution in [-0.4, -0.2) is 10.2 Å². The Balaban J connectivity index is 1.80. The highest BCUT2D eigenvalue weighted by atomic mass is 35.5. The van der Waals surface area contributed by atoms with Crippen molar-refractivity contribution in [3.8, 4) is 11.3 Å². The third-order valence-corrected chi connectivity index (χ3v) is 3.72. The van der Waals surface area contributed by atoms with E-state index >= 15 is 0 Å². The summed E-state index contributed by atoms with van der Waals surface area (Å²) in [6.45, 7) is 0. The second-order valence-corrected chi connectivity index (χ2v) is 5.11. The Labute approximate surface area is 115 Å². The topological polar surface area (TPSA) is 30.0 Å². The molecule has 0 radical (unpaired) electrons. The van der Waals surface area contributed by atoms with E-state index < -0.39 is 0 Å². The molecule has 1 aliphatic carbocycles. The zero-order chi connectivity index (χ0) is 13.4. The molecule has 0 N–H and O–H groups in total. The summed E-state index contributed by atoms with van der Waals surface area (Å²) in [5, 5.41) is -0.271. The maximum Gasteiger partial charge on any atom is 0.225 e. The maximum absolute atomic E-state index is 12.8. The van der Waals surface area contributed by atoms with Gasteiger partial charge in [0.05, 0.1) is 5.69 Å². The zero-order valence-corrected chi connectivity index (χ0v) is 10.8. The minimum Gasteiger partial charge on any atom is -0.281 e. The Morgan fingerprint density at radius 1 is 1.21 bits per heavy atom. The largest absolute Gasteiger partial charge is 0.281 e. The lowest BCUT2D eigenvalue weighted by molar-refractivity contribution is -0.112. The van der Waals surface area contributed by atoms with Crippen LogP contribution >= 0.6 is 11.6 Å². The number of nitrogens with zero attached hydrogens (tertiary/aromatic N) is 1. The van der Waals surface area contributed by atoms with E-state index in [-0.39, 0.29) is 22.9 Å². The minimum absolute atomic E-state index is 0.0554. The van der Waals surface area contributed by atoms with E-state index in [1.54, 1.807) is 18.3 Å². The van der Waals surface area contributed by atoms with Gasteiger partial charge in [-0.15, -0.1) is 0 Å². The number of carbonyl (C=O) groups excluding carboxylic acids is 1. The molecule has 0 unspecified atom stereocenters. The Morgan fingerprint density at radius 2 is 1.95 bits per heavy atom. The highest BCUT2D eigenvalue weighted by Crippen LogP contribution is 2.48. The van der Waals surface area contributed by atoms with Gasteiger partial charge in [0.1, 0.15) is 5.82 Å². The van der Waals surface area contributed by atoms with E-state index in [2.05, 4.69) is 4.98 Å². The third kappa shape index (κ3) is 2.51. The molecule has 4 heteroatoms. The fourth-order valence-corrected chi connectivity index (χ4v) is 2.47. The van der Waals surface area contributed by atoms with Crippen LogP contribution < -0.4 is 0 Å². The first kappa shape index (κ1) is 12.3. The summed E-state index contributed by atoms with van der Waals surface area (Å²) in [5.41, 5.74) is 2.69. The first-order valence-electron chi connectivity index (χ1n) is 6.06. The number of hydrogen-bond acceptors (Lipinski definition) is 2. The number of pyridine rings is 1. The molecule has 1 saturated carbocycles. The van der Waals surface area contributed by atoms with E-state index in [4.69, 9.17) is 11.6 Å². The van der Waals surface area contributed by atoms with E-state index in [9.17, 15) is 9.18 Å². The molecular weight excluding hydrogens is 265 g/mol. The summed E-state index contributed by atoms with van der Waals surface area (Å²) in [4.78, 5) is 15.4. The van der Waals surface area contributed by atoms with Gasteiger partial charge in [-0.2, -0.15) is 0 Å². The van der Waals surface area contributed by atoms with Gasteiger partial charge in [-0.3, -0.25) is 9.78 Å². The van der Waals surface area contributed by atoms with Crippen LogP contribution in [-0.2, 0) is 4.79 Å². The molecule has 0 amide bonds. The summed E-state index contributed by atoms with van der Waals surface area (Å²) < 4.78 is 12.8. The van der Waals surface area contributed by atoms with Crippen molar-refractivity contribution in [3.05, 3.63) is 54.0 Å². The highest BCUT2D eigenvalue weighted by Gasteiger charge is 2.43. The second kappa shape index (κ2) is 4.74. The second-order valence-electron chi connectivity index (χ2n) is 4.74. The first-order valence-corrected chi connectivity index (χ1v) is 6.44. The van der Waals surface area contributed by atoms with Crippen LogP contribution in [0.3, 0.4) is 0 Å². The molecule has 1 fully saturated rings. The molecular formula is C15H11ClFNO. The van der Waals surface area contributed by atoms with Crippen molar-refractivity contribution in [3.63, 3.8) is 0 Å². The number of rotatable bonds is 3. The standard InChI is InChI=1S/C15H11ClFNO/c16-15(19)13-7-12(13)10-3-6-14(18-8-10)9-1-4-11(17)5-2-9/h1-6,8,12-13H,7H2/t12-,13+/m0/s1. The van der Waals surface area contributed by atoms with E-state index in [0.717, 1.165) is 23.2 Å². The lowest BCUT2D eigenvalue weighted by Gasteiger charge is -2.03. The Bertz CT molecular complexity index is 609. The molecule has 2 atom stereocenters. The summed E-state index contributed by atoms with van der Waals surface area (Å²) >= 11 is 5.47. The van der Waals surface area contributed by atoms with Crippen molar-refractivity contribution in [2.45, 2.75) is 12.3 Å². The zero-order valence-electron chi connectivity index (χ0n) is 10.0. The number of benzene rings is 1. The molecule has 1 heterocycles. The molecule has 2 nitrogen and oxygen atoms in total. The van der Waals surface area contributed by atoms with Crippen LogP contribution in [0.25, 0.3) is 11.3 Å². The molecule has 0 saturated heterocycles. The summed E-state index contributed by atoms with van der Waals surface area (Å²) in [6, 6.07) is 10.0. The van der Waals surface area contributed by atoms with Crippen LogP contribution in [0.5, 0.6) is 0 Å². The normalized spacial score (nSPS) is 21.2. The van der Waals surface area contributed by atoms with Gasteiger partial charge in [0.25, 0.3) is 0 Å². The number of halogens is 2. The summed E-state index contributed by atoms with van der Waals surface area (Å²) in [6.07, 6.45) is 2.57. The number of carbonyl (C=O) groups is 1. The molecule has 3 rings (SSSR count). The van der Waals surface area contributed by atoms with Crippen LogP contribution in [0.4, 0.5) is 4.39 Å². The average molecular weight is 276 g/mol. The van der Waals surface area contributed by atoms with Gasteiger partial charge < -0.3 is 0 Å². The lowest BCUT2D eigenvalue weighted by atomic mass is 10.1.